The standard InChI is InChI=1S/C28H23ClN2O5/c29-20-12-9-17(10-13-20)16-5-7-18(8-6-16)25(32)22-14-11-19(24(22)27(34)35)15-31-26(33)21-3-1-2-4-23(21)30-28(31)36/h1-10,12-13,19,22,24H,11,14-15H2,(H,30,36)(H,34,35). The summed E-state index contributed by atoms with van der Waals surface area (Å²) in [5, 5.41) is 11.0. The summed E-state index contributed by atoms with van der Waals surface area (Å²) < 4.78 is 1.05. The fourth-order valence-corrected chi connectivity index (χ4v) is 5.36. The second-order valence-electron chi connectivity index (χ2n) is 9.15. The number of H-pyrrole nitrogens is 1. The first kappa shape index (κ1) is 23.8. The monoisotopic (exact) mass is 502 g/mol. The number of carboxylic acids is 1. The van der Waals surface area contributed by atoms with E-state index in [1.165, 1.54) is 0 Å². The molecule has 1 aliphatic carbocycles. The summed E-state index contributed by atoms with van der Waals surface area (Å²) >= 11 is 5.95. The zero-order valence-electron chi connectivity index (χ0n) is 19.2. The highest BCUT2D eigenvalue weighted by Gasteiger charge is 2.45. The second kappa shape index (κ2) is 9.59. The minimum atomic E-state index is -1.10. The van der Waals surface area contributed by atoms with Gasteiger partial charge in [0.05, 0.1) is 16.8 Å². The second-order valence-corrected chi connectivity index (χ2v) is 9.58. The van der Waals surface area contributed by atoms with E-state index in [2.05, 4.69) is 4.98 Å². The predicted octanol–water partition coefficient (Wildman–Crippen LogP) is 4.62. The van der Waals surface area contributed by atoms with Crippen LogP contribution in [0.4, 0.5) is 0 Å². The van der Waals surface area contributed by atoms with Gasteiger partial charge < -0.3 is 10.1 Å². The summed E-state index contributed by atoms with van der Waals surface area (Å²) in [6.45, 7) is -0.0603. The molecule has 7 nitrogen and oxygen atoms in total. The molecule has 0 saturated heterocycles. The van der Waals surface area contributed by atoms with Crippen molar-refractivity contribution in [3.05, 3.63) is 104 Å². The van der Waals surface area contributed by atoms with Crippen molar-refractivity contribution in [1.29, 1.82) is 0 Å². The van der Waals surface area contributed by atoms with Crippen LogP contribution in [0.2, 0.25) is 5.02 Å². The quantitative estimate of drug-likeness (QED) is 0.374. The molecule has 0 bridgehead atoms. The van der Waals surface area contributed by atoms with Gasteiger partial charge in [0.2, 0.25) is 0 Å². The van der Waals surface area contributed by atoms with Crippen molar-refractivity contribution >= 4 is 34.3 Å². The number of halogens is 1. The molecule has 4 aromatic rings. The zero-order valence-corrected chi connectivity index (χ0v) is 19.9. The minimum absolute atomic E-state index is 0.0603. The Kier molecular flexibility index (Phi) is 6.33. The molecule has 182 valence electrons. The van der Waals surface area contributed by atoms with E-state index < -0.39 is 35.0 Å². The maximum absolute atomic E-state index is 13.3. The number of carbonyl (C=O) groups is 2. The van der Waals surface area contributed by atoms with Crippen molar-refractivity contribution in [3.63, 3.8) is 0 Å². The Morgan fingerprint density at radius 1 is 0.917 bits per heavy atom. The Morgan fingerprint density at radius 2 is 1.56 bits per heavy atom. The fourth-order valence-electron chi connectivity index (χ4n) is 5.24. The lowest BCUT2D eigenvalue weighted by Crippen LogP contribution is -2.39. The SMILES string of the molecule is O=C(c1ccc(-c2ccc(Cl)cc2)cc1)C1CCC(Cn2c(=O)[nH]c3ccccc3c2=O)C1C(=O)O. The molecule has 1 aliphatic rings. The number of carboxylic acid groups (broad SMARTS) is 1. The number of hydrogen-bond acceptors (Lipinski definition) is 4. The maximum Gasteiger partial charge on any atom is 0.328 e. The van der Waals surface area contributed by atoms with Crippen LogP contribution in [0.5, 0.6) is 0 Å². The summed E-state index contributed by atoms with van der Waals surface area (Å²) in [4.78, 5) is 53.8. The van der Waals surface area contributed by atoms with Crippen LogP contribution in [0, 0.1) is 17.8 Å². The Balaban J connectivity index is 1.39. The molecule has 1 saturated carbocycles. The van der Waals surface area contributed by atoms with E-state index in [4.69, 9.17) is 11.6 Å². The zero-order chi connectivity index (χ0) is 25.4. The number of nitrogens with one attached hydrogen (secondary N) is 1. The van der Waals surface area contributed by atoms with Crippen LogP contribution >= 0.6 is 11.6 Å². The van der Waals surface area contributed by atoms with E-state index >= 15 is 0 Å². The van der Waals surface area contributed by atoms with Crippen LogP contribution in [0.1, 0.15) is 23.2 Å². The van der Waals surface area contributed by atoms with E-state index in [1.54, 1.807) is 48.5 Å². The molecule has 3 unspecified atom stereocenters. The molecule has 36 heavy (non-hydrogen) atoms. The van der Waals surface area contributed by atoms with E-state index in [1.807, 2.05) is 24.3 Å². The van der Waals surface area contributed by atoms with Gasteiger partial charge in [-0.1, -0.05) is 60.1 Å². The van der Waals surface area contributed by atoms with Crippen LogP contribution in [0.25, 0.3) is 22.0 Å². The molecule has 0 amide bonds. The Morgan fingerprint density at radius 3 is 2.22 bits per heavy atom. The highest BCUT2D eigenvalue weighted by Crippen LogP contribution is 2.40. The number of para-hydroxylation sites is 1. The van der Waals surface area contributed by atoms with Crippen molar-refractivity contribution in [2.75, 3.05) is 0 Å². The van der Waals surface area contributed by atoms with Crippen LogP contribution in [0.3, 0.4) is 0 Å². The lowest BCUT2D eigenvalue weighted by atomic mass is 9.84. The summed E-state index contributed by atoms with van der Waals surface area (Å²) in [7, 11) is 0. The van der Waals surface area contributed by atoms with Crippen LogP contribution in [0.15, 0.2) is 82.4 Å². The molecule has 0 spiro atoms. The van der Waals surface area contributed by atoms with E-state index in [0.717, 1.165) is 15.7 Å². The number of carbonyl (C=O) groups excluding carboxylic acids is 1. The Labute approximate surface area is 211 Å². The van der Waals surface area contributed by atoms with Crippen LogP contribution < -0.4 is 11.2 Å². The number of aromatic nitrogens is 2. The number of benzene rings is 3. The van der Waals surface area contributed by atoms with Crippen LogP contribution in [-0.4, -0.2) is 26.4 Å². The molecular formula is C28H23ClN2O5. The van der Waals surface area contributed by atoms with Gasteiger partial charge in [-0.3, -0.25) is 19.0 Å². The first-order valence-corrected chi connectivity index (χ1v) is 12.1. The Bertz CT molecular complexity index is 1570. The number of aromatic amines is 1. The van der Waals surface area contributed by atoms with Gasteiger partial charge in [-0.15, -0.1) is 0 Å². The topological polar surface area (TPSA) is 109 Å². The van der Waals surface area contributed by atoms with Crippen molar-refractivity contribution in [2.24, 2.45) is 17.8 Å². The molecule has 3 atom stereocenters. The molecule has 1 fully saturated rings. The lowest BCUT2D eigenvalue weighted by Gasteiger charge is -2.21. The van der Waals surface area contributed by atoms with Gasteiger partial charge in [-0.25, -0.2) is 4.79 Å². The summed E-state index contributed by atoms with van der Waals surface area (Å²) in [6, 6.07) is 21.1. The van der Waals surface area contributed by atoms with Gasteiger partial charge in [0.15, 0.2) is 5.78 Å². The average molecular weight is 503 g/mol. The summed E-state index contributed by atoms with van der Waals surface area (Å²) in [5.41, 5.74) is 1.68. The Hall–Kier alpha value is -3.97. The van der Waals surface area contributed by atoms with Gasteiger partial charge in [-0.05, 0) is 54.2 Å². The van der Waals surface area contributed by atoms with Crippen LogP contribution in [-0.2, 0) is 11.3 Å². The van der Waals surface area contributed by atoms with Crippen molar-refractivity contribution < 1.29 is 14.7 Å². The normalized spacial score (nSPS) is 19.4. The highest BCUT2D eigenvalue weighted by molar-refractivity contribution is 6.30. The van der Waals surface area contributed by atoms with Crippen molar-refractivity contribution in [2.45, 2.75) is 19.4 Å². The third kappa shape index (κ3) is 4.38. The van der Waals surface area contributed by atoms with Gasteiger partial charge in [-0.2, -0.15) is 0 Å². The largest absolute Gasteiger partial charge is 0.481 e. The molecule has 0 radical (unpaired) electrons. The number of nitrogens with zero attached hydrogens (tertiary/aromatic N) is 1. The van der Waals surface area contributed by atoms with E-state index in [0.29, 0.717) is 34.3 Å². The average Bonchev–Trinajstić information content (AvgIpc) is 3.31. The summed E-state index contributed by atoms with van der Waals surface area (Å²) in [6.07, 6.45) is 0.800. The molecular weight excluding hydrogens is 480 g/mol. The number of Topliss-reactive ketones (excluding diaryl/α,β-unsaturated/α-hetero) is 1. The van der Waals surface area contributed by atoms with Gasteiger partial charge >= 0.3 is 11.7 Å². The predicted molar refractivity (Wildman–Crippen MR) is 137 cm³/mol. The fraction of sp³-hybridized carbons (Fsp3) is 0.214. The molecule has 8 heteroatoms. The molecule has 0 aliphatic heterocycles. The third-order valence-electron chi connectivity index (χ3n) is 7.07. The summed E-state index contributed by atoms with van der Waals surface area (Å²) in [5.74, 6) is -3.59. The van der Waals surface area contributed by atoms with Crippen molar-refractivity contribution in [3.8, 4) is 11.1 Å². The molecule has 1 aromatic heterocycles. The molecule has 2 N–H and O–H groups in total. The molecule has 3 aromatic carbocycles. The highest BCUT2D eigenvalue weighted by atomic mass is 35.5. The first-order chi connectivity index (χ1) is 17.3. The van der Waals surface area contributed by atoms with Gasteiger partial charge in [0, 0.05) is 23.0 Å². The number of aliphatic carboxylic acids is 1. The number of hydrogen-bond donors (Lipinski definition) is 2. The van der Waals surface area contributed by atoms with E-state index in [-0.39, 0.29) is 12.3 Å². The lowest BCUT2D eigenvalue weighted by molar-refractivity contribution is -0.144. The number of ketones is 1. The number of rotatable bonds is 6. The molecule has 5 rings (SSSR count). The van der Waals surface area contributed by atoms with Gasteiger partial charge in [0.1, 0.15) is 0 Å². The number of fused-ring (bicyclic) bond motifs is 1. The first-order valence-electron chi connectivity index (χ1n) is 11.7. The maximum atomic E-state index is 13.3. The van der Waals surface area contributed by atoms with Gasteiger partial charge in [0.25, 0.3) is 5.56 Å². The van der Waals surface area contributed by atoms with Crippen molar-refractivity contribution in [1.82, 2.24) is 9.55 Å². The van der Waals surface area contributed by atoms with E-state index in [9.17, 15) is 24.3 Å². The smallest absolute Gasteiger partial charge is 0.328 e. The molecule has 1 heterocycles. The minimum Gasteiger partial charge on any atom is -0.481 e. The third-order valence-corrected chi connectivity index (χ3v) is 7.32.